The van der Waals surface area contributed by atoms with Crippen molar-refractivity contribution in [1.29, 1.82) is 0 Å². The number of thioether (sulfide) groups is 1. The Morgan fingerprint density at radius 2 is 1.87 bits per heavy atom. The lowest BCUT2D eigenvalue weighted by Crippen LogP contribution is -2.35. The fourth-order valence-electron chi connectivity index (χ4n) is 3.39. The van der Waals surface area contributed by atoms with Crippen molar-refractivity contribution in [3.8, 4) is 0 Å². The Balaban J connectivity index is 1.70. The third-order valence-corrected chi connectivity index (χ3v) is 7.67. The lowest BCUT2D eigenvalue weighted by molar-refractivity contribution is -0.116. The Hall–Kier alpha value is -2.30. The van der Waals surface area contributed by atoms with Gasteiger partial charge < -0.3 is 14.8 Å². The smallest absolute Gasteiger partial charge is 0.270 e. The number of sulfonamides is 1. The SMILES string of the molecule is CSc1ccccc1NC(=O)CN(C)C(=O)c1cc(S(=O)(=O)N2CCCC2)cn1C. The fraction of sp³-hybridized carbons (Fsp3) is 0.400. The number of aryl methyl sites for hydroxylation is 1. The zero-order valence-electron chi connectivity index (χ0n) is 17.3. The Morgan fingerprint density at radius 3 is 2.53 bits per heavy atom. The molecule has 0 aliphatic carbocycles. The maximum Gasteiger partial charge on any atom is 0.270 e. The minimum atomic E-state index is -3.61. The maximum absolute atomic E-state index is 12.9. The van der Waals surface area contributed by atoms with Crippen molar-refractivity contribution < 1.29 is 18.0 Å². The van der Waals surface area contributed by atoms with Gasteiger partial charge in [-0.25, -0.2) is 8.42 Å². The van der Waals surface area contributed by atoms with Crippen molar-refractivity contribution in [2.75, 3.05) is 38.3 Å². The molecule has 162 valence electrons. The third kappa shape index (κ3) is 4.71. The Kier molecular flexibility index (Phi) is 6.89. The van der Waals surface area contributed by atoms with Crippen LogP contribution in [0.5, 0.6) is 0 Å². The first-order valence-corrected chi connectivity index (χ1v) is 12.3. The molecule has 0 unspecified atom stereocenters. The number of hydrogen-bond donors (Lipinski definition) is 1. The van der Waals surface area contributed by atoms with Crippen LogP contribution in [0.4, 0.5) is 5.69 Å². The van der Waals surface area contributed by atoms with Gasteiger partial charge >= 0.3 is 0 Å². The fourth-order valence-corrected chi connectivity index (χ4v) is 5.53. The molecule has 1 aliphatic heterocycles. The molecule has 1 aromatic heterocycles. The average molecular weight is 451 g/mol. The Bertz CT molecular complexity index is 1040. The first kappa shape index (κ1) is 22.4. The molecule has 1 saturated heterocycles. The quantitative estimate of drug-likeness (QED) is 0.653. The molecule has 3 rings (SSSR count). The summed E-state index contributed by atoms with van der Waals surface area (Å²) >= 11 is 1.52. The second-order valence-corrected chi connectivity index (χ2v) is 9.98. The molecule has 1 N–H and O–H groups in total. The molecule has 2 heterocycles. The van der Waals surface area contributed by atoms with E-state index in [4.69, 9.17) is 0 Å². The largest absolute Gasteiger partial charge is 0.345 e. The van der Waals surface area contributed by atoms with E-state index in [1.165, 1.54) is 44.8 Å². The molecule has 10 heteroatoms. The van der Waals surface area contributed by atoms with Gasteiger partial charge in [-0.3, -0.25) is 9.59 Å². The van der Waals surface area contributed by atoms with Crippen molar-refractivity contribution >= 4 is 39.3 Å². The second kappa shape index (κ2) is 9.23. The summed E-state index contributed by atoms with van der Waals surface area (Å²) in [6.45, 7) is 0.844. The van der Waals surface area contributed by atoms with Crippen LogP contribution in [0.1, 0.15) is 23.3 Å². The lowest BCUT2D eigenvalue weighted by Gasteiger charge is -2.17. The van der Waals surface area contributed by atoms with Gasteiger partial charge in [-0.1, -0.05) is 12.1 Å². The summed E-state index contributed by atoms with van der Waals surface area (Å²) in [5.41, 5.74) is 0.904. The molecule has 1 fully saturated rings. The van der Waals surface area contributed by atoms with Gasteiger partial charge in [-0.15, -0.1) is 11.8 Å². The van der Waals surface area contributed by atoms with Gasteiger partial charge in [-0.05, 0) is 37.3 Å². The zero-order chi connectivity index (χ0) is 21.9. The predicted molar refractivity (Wildman–Crippen MR) is 117 cm³/mol. The Labute approximate surface area is 181 Å². The molecule has 2 aromatic rings. The molecule has 1 aromatic carbocycles. The summed E-state index contributed by atoms with van der Waals surface area (Å²) in [5, 5.41) is 2.82. The number of nitrogens with zero attached hydrogens (tertiary/aromatic N) is 3. The van der Waals surface area contributed by atoms with E-state index in [1.54, 1.807) is 13.1 Å². The van der Waals surface area contributed by atoms with Gasteiger partial charge in [0.05, 0.1) is 12.2 Å². The minimum Gasteiger partial charge on any atom is -0.345 e. The number of likely N-dealkylation sites (N-methyl/N-ethyl adjacent to an activating group) is 1. The monoisotopic (exact) mass is 450 g/mol. The first-order valence-electron chi connectivity index (χ1n) is 9.59. The molecular formula is C20H26N4O4S2. The van der Waals surface area contributed by atoms with Crippen LogP contribution >= 0.6 is 11.8 Å². The highest BCUT2D eigenvalue weighted by atomic mass is 32.2. The van der Waals surface area contributed by atoms with E-state index in [0.29, 0.717) is 18.8 Å². The number of hydrogen-bond acceptors (Lipinski definition) is 5. The molecule has 8 nitrogen and oxygen atoms in total. The number of amides is 2. The zero-order valence-corrected chi connectivity index (χ0v) is 18.9. The van der Waals surface area contributed by atoms with Crippen LogP contribution in [0.3, 0.4) is 0 Å². The number of nitrogens with one attached hydrogen (secondary N) is 1. The van der Waals surface area contributed by atoms with Crippen LogP contribution in [0.15, 0.2) is 46.3 Å². The molecule has 30 heavy (non-hydrogen) atoms. The number of aromatic nitrogens is 1. The van der Waals surface area contributed by atoms with Gasteiger partial charge in [0, 0.05) is 38.3 Å². The molecule has 2 amide bonds. The van der Waals surface area contributed by atoms with Crippen molar-refractivity contribution in [2.45, 2.75) is 22.6 Å². The summed E-state index contributed by atoms with van der Waals surface area (Å²) in [6.07, 6.45) is 5.05. The van der Waals surface area contributed by atoms with Gasteiger partial charge in [0.2, 0.25) is 15.9 Å². The summed E-state index contributed by atoms with van der Waals surface area (Å²) in [7, 11) is -0.469. The van der Waals surface area contributed by atoms with E-state index in [2.05, 4.69) is 5.32 Å². The number of carbonyl (C=O) groups excluding carboxylic acids is 2. The Morgan fingerprint density at radius 1 is 1.20 bits per heavy atom. The highest BCUT2D eigenvalue weighted by Crippen LogP contribution is 2.25. The predicted octanol–water partition coefficient (Wildman–Crippen LogP) is 2.24. The molecule has 1 aliphatic rings. The van der Waals surface area contributed by atoms with Crippen LogP contribution in [0.25, 0.3) is 0 Å². The van der Waals surface area contributed by atoms with E-state index in [0.717, 1.165) is 17.7 Å². The van der Waals surface area contributed by atoms with E-state index in [-0.39, 0.29) is 23.0 Å². The number of rotatable bonds is 7. The highest BCUT2D eigenvalue weighted by molar-refractivity contribution is 7.98. The van der Waals surface area contributed by atoms with Gasteiger partial charge in [0.25, 0.3) is 5.91 Å². The first-order chi connectivity index (χ1) is 14.2. The average Bonchev–Trinajstić information content (AvgIpc) is 3.38. The van der Waals surface area contributed by atoms with E-state index in [1.807, 2.05) is 24.5 Å². The highest BCUT2D eigenvalue weighted by Gasteiger charge is 2.30. The molecular weight excluding hydrogens is 424 g/mol. The topological polar surface area (TPSA) is 91.7 Å². The molecule has 0 bridgehead atoms. The minimum absolute atomic E-state index is 0.0991. The van der Waals surface area contributed by atoms with Gasteiger partial charge in [-0.2, -0.15) is 4.31 Å². The summed E-state index contributed by atoms with van der Waals surface area (Å²) < 4.78 is 28.4. The van der Waals surface area contributed by atoms with E-state index in [9.17, 15) is 18.0 Å². The van der Waals surface area contributed by atoms with Crippen molar-refractivity contribution in [3.05, 3.63) is 42.2 Å². The van der Waals surface area contributed by atoms with Gasteiger partial charge in [0.1, 0.15) is 10.6 Å². The summed E-state index contributed by atoms with van der Waals surface area (Å²) in [6, 6.07) is 8.81. The van der Waals surface area contributed by atoms with Crippen LogP contribution in [-0.4, -0.2) is 66.9 Å². The normalized spacial score (nSPS) is 14.6. The lowest BCUT2D eigenvalue weighted by atomic mass is 10.3. The summed E-state index contributed by atoms with van der Waals surface area (Å²) in [5.74, 6) is -0.750. The van der Waals surface area contributed by atoms with E-state index < -0.39 is 15.9 Å². The number of benzene rings is 1. The van der Waals surface area contributed by atoms with Crippen molar-refractivity contribution in [2.24, 2.45) is 7.05 Å². The van der Waals surface area contributed by atoms with Crippen LogP contribution in [0, 0.1) is 0 Å². The van der Waals surface area contributed by atoms with E-state index >= 15 is 0 Å². The standard InChI is InChI=1S/C20H26N4O4S2/c1-22-13-15(30(27,28)24-10-6-7-11-24)12-17(22)20(26)23(2)14-19(25)21-16-8-4-5-9-18(16)29-3/h4-5,8-9,12-13H,6-7,10-11,14H2,1-3H3,(H,21,25). The summed E-state index contributed by atoms with van der Waals surface area (Å²) in [4.78, 5) is 27.6. The van der Waals surface area contributed by atoms with Gasteiger partial charge in [0.15, 0.2) is 0 Å². The third-order valence-electron chi connectivity index (χ3n) is 5.01. The number of carbonyl (C=O) groups is 2. The molecule has 0 atom stereocenters. The molecule has 0 saturated carbocycles. The second-order valence-electron chi connectivity index (χ2n) is 7.19. The van der Waals surface area contributed by atoms with Crippen LogP contribution in [0.2, 0.25) is 0 Å². The van der Waals surface area contributed by atoms with Crippen molar-refractivity contribution in [1.82, 2.24) is 13.8 Å². The number of para-hydroxylation sites is 1. The maximum atomic E-state index is 12.9. The van der Waals surface area contributed by atoms with Crippen molar-refractivity contribution in [3.63, 3.8) is 0 Å². The molecule has 0 spiro atoms. The van der Waals surface area contributed by atoms with Crippen LogP contribution in [-0.2, 0) is 21.9 Å². The number of anilines is 1. The molecule has 0 radical (unpaired) electrons. The van der Waals surface area contributed by atoms with Crippen LogP contribution < -0.4 is 5.32 Å².